The van der Waals surface area contributed by atoms with E-state index in [2.05, 4.69) is 16.9 Å². The largest absolute Gasteiger partial charge is 0.507 e. The van der Waals surface area contributed by atoms with Crippen LogP contribution in [0.5, 0.6) is 11.5 Å². The minimum Gasteiger partial charge on any atom is -0.507 e. The average molecular weight is 394 g/mol. The molecule has 2 fully saturated rings. The lowest BCUT2D eigenvalue weighted by molar-refractivity contribution is 0.265. The minimum absolute atomic E-state index is 0.309. The van der Waals surface area contributed by atoms with Crippen molar-refractivity contribution in [3.8, 4) is 11.5 Å². The number of phenolic OH excluding ortho intramolecular Hbond substituents is 1. The van der Waals surface area contributed by atoms with Crippen molar-refractivity contribution in [3.05, 3.63) is 60.9 Å². The molecule has 2 atom stereocenters. The van der Waals surface area contributed by atoms with Gasteiger partial charge in [0.25, 0.3) is 0 Å². The Morgan fingerprint density at radius 2 is 1.52 bits per heavy atom. The van der Waals surface area contributed by atoms with Crippen molar-refractivity contribution in [2.24, 2.45) is 0 Å². The first-order valence-corrected chi connectivity index (χ1v) is 9.91. The Hall–Kier alpha value is -2.96. The zero-order valence-electron chi connectivity index (χ0n) is 16.4. The molecule has 2 aromatic heterocycles. The first-order chi connectivity index (χ1) is 14.2. The third-order valence-electron chi connectivity index (χ3n) is 4.81. The molecule has 6 nitrogen and oxygen atoms in total. The molecule has 4 heterocycles. The zero-order valence-corrected chi connectivity index (χ0v) is 16.4. The molecule has 6 heteroatoms. The maximum absolute atomic E-state index is 9.24. The molecule has 0 bridgehead atoms. The Kier molecular flexibility index (Phi) is 6.03. The van der Waals surface area contributed by atoms with Gasteiger partial charge in [-0.05, 0) is 42.8 Å². The standard InChI is InChI=1S/C11H11NO2.C8H7NO.C4H8O/c1-2-10-9(4-5-12-10)11(3-1)14-7-8-6-13-8;10-8-3-1-2-7-6(8)4-5-9-7;1-2-4-3-5-4/h1-5,8,12H,6-7H2;1-5,9-10H;4H,2-3H2,1H3/t8-;;4-/m0.1/s1. The van der Waals surface area contributed by atoms with Gasteiger partial charge in [0.15, 0.2) is 0 Å². The normalized spacial score (nSPS) is 19.1. The maximum Gasteiger partial charge on any atom is 0.128 e. The van der Waals surface area contributed by atoms with E-state index in [0.29, 0.717) is 24.6 Å². The number of aromatic amines is 2. The lowest BCUT2D eigenvalue weighted by Crippen LogP contribution is -2.03. The molecule has 2 aromatic carbocycles. The van der Waals surface area contributed by atoms with Crippen LogP contribution in [0.3, 0.4) is 0 Å². The Labute approximate surface area is 169 Å². The number of aromatic nitrogens is 2. The molecule has 2 aliphatic rings. The summed E-state index contributed by atoms with van der Waals surface area (Å²) < 4.78 is 15.6. The molecule has 6 rings (SSSR count). The fourth-order valence-electron chi connectivity index (χ4n) is 2.90. The van der Waals surface area contributed by atoms with Gasteiger partial charge in [0.1, 0.15) is 24.2 Å². The topological polar surface area (TPSA) is 86.1 Å². The third kappa shape index (κ3) is 5.31. The van der Waals surface area contributed by atoms with E-state index in [1.807, 2.05) is 54.9 Å². The lowest BCUT2D eigenvalue weighted by atomic mass is 10.2. The fraction of sp³-hybridized carbons (Fsp3) is 0.304. The Morgan fingerprint density at radius 3 is 2.10 bits per heavy atom. The number of hydrogen-bond donors (Lipinski definition) is 3. The monoisotopic (exact) mass is 394 g/mol. The van der Waals surface area contributed by atoms with Crippen molar-refractivity contribution < 1.29 is 19.3 Å². The summed E-state index contributed by atoms with van der Waals surface area (Å²) in [5.74, 6) is 1.26. The molecular formula is C23H26N2O4. The van der Waals surface area contributed by atoms with Gasteiger partial charge in [-0.3, -0.25) is 0 Å². The summed E-state index contributed by atoms with van der Waals surface area (Å²) in [6.07, 6.45) is 5.87. The van der Waals surface area contributed by atoms with Crippen LogP contribution in [0.2, 0.25) is 0 Å². The molecule has 152 valence electrons. The van der Waals surface area contributed by atoms with Gasteiger partial charge in [0.05, 0.1) is 19.3 Å². The van der Waals surface area contributed by atoms with E-state index in [0.717, 1.165) is 40.8 Å². The van der Waals surface area contributed by atoms with E-state index in [-0.39, 0.29) is 0 Å². The van der Waals surface area contributed by atoms with Crippen LogP contribution in [0.25, 0.3) is 21.8 Å². The van der Waals surface area contributed by atoms with Gasteiger partial charge in [-0.1, -0.05) is 19.1 Å². The van der Waals surface area contributed by atoms with E-state index in [9.17, 15) is 5.11 Å². The van der Waals surface area contributed by atoms with E-state index in [1.54, 1.807) is 6.07 Å². The number of rotatable bonds is 4. The lowest BCUT2D eigenvalue weighted by Gasteiger charge is -2.04. The van der Waals surface area contributed by atoms with Crippen molar-refractivity contribution in [3.63, 3.8) is 0 Å². The molecule has 0 spiro atoms. The Morgan fingerprint density at radius 1 is 0.897 bits per heavy atom. The molecule has 2 aliphatic heterocycles. The van der Waals surface area contributed by atoms with Gasteiger partial charge in [0.2, 0.25) is 0 Å². The molecule has 4 aromatic rings. The van der Waals surface area contributed by atoms with E-state index in [4.69, 9.17) is 14.2 Å². The SMILES string of the molecule is CC[C@@H]1CO1.Oc1cccc2[nH]ccc12.c1cc(OC[C@@H]2CO2)c2cc[nH]c2c1. The predicted molar refractivity (Wildman–Crippen MR) is 114 cm³/mol. The summed E-state index contributed by atoms with van der Waals surface area (Å²) in [6, 6.07) is 15.3. The maximum atomic E-state index is 9.24. The van der Waals surface area contributed by atoms with Gasteiger partial charge in [-0.15, -0.1) is 0 Å². The molecule has 0 radical (unpaired) electrons. The summed E-state index contributed by atoms with van der Waals surface area (Å²) in [5, 5.41) is 11.2. The smallest absolute Gasteiger partial charge is 0.128 e. The highest BCUT2D eigenvalue weighted by Gasteiger charge is 2.23. The number of aromatic hydroxyl groups is 1. The van der Waals surface area contributed by atoms with E-state index >= 15 is 0 Å². The van der Waals surface area contributed by atoms with Crippen LogP contribution in [0, 0.1) is 0 Å². The Balaban J connectivity index is 0.000000119. The highest BCUT2D eigenvalue weighted by atomic mass is 16.6. The van der Waals surface area contributed by atoms with Crippen LogP contribution in [-0.2, 0) is 9.47 Å². The van der Waals surface area contributed by atoms with Crippen LogP contribution < -0.4 is 4.74 Å². The van der Waals surface area contributed by atoms with Crippen molar-refractivity contribution in [1.29, 1.82) is 0 Å². The number of hydrogen-bond acceptors (Lipinski definition) is 4. The second kappa shape index (κ2) is 9.03. The molecule has 0 unspecified atom stereocenters. The summed E-state index contributed by atoms with van der Waals surface area (Å²) in [7, 11) is 0. The fourth-order valence-corrected chi connectivity index (χ4v) is 2.90. The van der Waals surface area contributed by atoms with Crippen LogP contribution >= 0.6 is 0 Å². The third-order valence-corrected chi connectivity index (χ3v) is 4.81. The molecule has 3 N–H and O–H groups in total. The number of fused-ring (bicyclic) bond motifs is 2. The van der Waals surface area contributed by atoms with Crippen molar-refractivity contribution in [2.45, 2.75) is 25.6 Å². The quantitative estimate of drug-likeness (QED) is 0.441. The number of H-pyrrole nitrogens is 2. The highest BCUT2D eigenvalue weighted by Crippen LogP contribution is 2.25. The molecule has 29 heavy (non-hydrogen) atoms. The first-order valence-electron chi connectivity index (χ1n) is 9.91. The highest BCUT2D eigenvalue weighted by molar-refractivity contribution is 5.86. The summed E-state index contributed by atoms with van der Waals surface area (Å²) >= 11 is 0. The van der Waals surface area contributed by atoms with Crippen LogP contribution in [0.1, 0.15) is 13.3 Å². The van der Waals surface area contributed by atoms with Crippen LogP contribution in [-0.4, -0.2) is 47.1 Å². The number of epoxide rings is 2. The number of nitrogens with one attached hydrogen (secondary N) is 2. The van der Waals surface area contributed by atoms with Crippen molar-refractivity contribution in [2.75, 3.05) is 19.8 Å². The zero-order chi connectivity index (χ0) is 20.1. The number of phenols is 1. The summed E-state index contributed by atoms with van der Waals surface area (Å²) in [5.41, 5.74) is 2.08. The predicted octanol–water partition coefficient (Wildman–Crippen LogP) is 4.61. The van der Waals surface area contributed by atoms with Gasteiger partial charge < -0.3 is 29.3 Å². The van der Waals surface area contributed by atoms with E-state index in [1.165, 1.54) is 6.42 Å². The molecule has 0 aliphatic carbocycles. The van der Waals surface area contributed by atoms with Crippen LogP contribution in [0.15, 0.2) is 60.9 Å². The second-order valence-electron chi connectivity index (χ2n) is 7.04. The average Bonchev–Trinajstić information content (AvgIpc) is 3.66. The molecular weight excluding hydrogens is 368 g/mol. The first kappa shape index (κ1) is 19.4. The minimum atomic E-state index is 0.309. The number of ether oxygens (including phenoxy) is 3. The van der Waals surface area contributed by atoms with Gasteiger partial charge in [-0.2, -0.15) is 0 Å². The van der Waals surface area contributed by atoms with Gasteiger partial charge >= 0.3 is 0 Å². The summed E-state index contributed by atoms with van der Waals surface area (Å²) in [6.45, 7) is 4.64. The van der Waals surface area contributed by atoms with Crippen molar-refractivity contribution in [1.82, 2.24) is 9.97 Å². The number of benzene rings is 2. The van der Waals surface area contributed by atoms with Gasteiger partial charge in [-0.25, -0.2) is 0 Å². The van der Waals surface area contributed by atoms with E-state index < -0.39 is 0 Å². The summed E-state index contributed by atoms with van der Waals surface area (Å²) in [4.78, 5) is 6.15. The van der Waals surface area contributed by atoms with Crippen molar-refractivity contribution >= 4 is 21.8 Å². The van der Waals surface area contributed by atoms with Crippen LogP contribution in [0.4, 0.5) is 0 Å². The molecule has 2 saturated heterocycles. The molecule has 0 amide bonds. The Bertz CT molecular complexity index is 1050. The molecule has 0 saturated carbocycles. The second-order valence-corrected chi connectivity index (χ2v) is 7.04. The van der Waals surface area contributed by atoms with Gasteiger partial charge in [0, 0.05) is 34.2 Å².